The second-order valence-corrected chi connectivity index (χ2v) is 9.06. The van der Waals surface area contributed by atoms with E-state index >= 15 is 0 Å². The van der Waals surface area contributed by atoms with Crippen molar-refractivity contribution in [1.82, 2.24) is 10.3 Å². The van der Waals surface area contributed by atoms with Gasteiger partial charge in [0.2, 0.25) is 0 Å². The van der Waals surface area contributed by atoms with Gasteiger partial charge in [0.15, 0.2) is 0 Å². The van der Waals surface area contributed by atoms with Crippen LogP contribution >= 0.6 is 0 Å². The van der Waals surface area contributed by atoms with E-state index < -0.39 is 17.8 Å². The number of hydrogen-bond donors (Lipinski definition) is 5. The number of alkyl halides is 3. The summed E-state index contributed by atoms with van der Waals surface area (Å²) in [6.45, 7) is 5.13. The van der Waals surface area contributed by atoms with Gasteiger partial charge < -0.3 is 35.9 Å². The predicted octanol–water partition coefficient (Wildman–Crippen LogP) is 4.14. The van der Waals surface area contributed by atoms with Crippen LogP contribution in [0.2, 0.25) is 0 Å². The number of rotatable bonds is 11. The van der Waals surface area contributed by atoms with Crippen molar-refractivity contribution < 1.29 is 27.8 Å². The summed E-state index contributed by atoms with van der Waals surface area (Å²) in [5.41, 5.74) is 0.756. The highest BCUT2D eigenvalue weighted by atomic mass is 19.4. The van der Waals surface area contributed by atoms with Crippen LogP contribution in [0.15, 0.2) is 24.3 Å². The van der Waals surface area contributed by atoms with E-state index in [0.29, 0.717) is 36.0 Å². The van der Waals surface area contributed by atoms with E-state index in [1.807, 2.05) is 13.8 Å². The molecule has 1 unspecified atom stereocenters. The largest absolute Gasteiger partial charge is 0.491 e. The summed E-state index contributed by atoms with van der Waals surface area (Å²) in [6, 6.07) is 5.17. The Hall–Kier alpha value is -2.89. The van der Waals surface area contributed by atoms with Crippen LogP contribution in [-0.4, -0.2) is 67.9 Å². The van der Waals surface area contributed by atoms with Crippen LogP contribution in [0.3, 0.4) is 0 Å². The number of pyridine rings is 1. The van der Waals surface area contributed by atoms with E-state index in [4.69, 9.17) is 14.9 Å². The molecule has 0 amide bonds. The summed E-state index contributed by atoms with van der Waals surface area (Å²) >= 11 is 0. The number of hydrogen-bond acceptors (Lipinski definition) is 8. The molecular formula is C25H34F3N5O3. The van der Waals surface area contributed by atoms with Gasteiger partial charge in [0.05, 0.1) is 16.8 Å². The molecule has 8 nitrogen and oxygen atoms in total. The van der Waals surface area contributed by atoms with Crippen LogP contribution in [0.5, 0.6) is 5.75 Å². The molecule has 11 heteroatoms. The van der Waals surface area contributed by atoms with Gasteiger partial charge in [-0.25, -0.2) is 4.98 Å². The van der Waals surface area contributed by atoms with Crippen molar-refractivity contribution in [3.63, 3.8) is 0 Å². The minimum absolute atomic E-state index is 0.0172. The van der Waals surface area contributed by atoms with Crippen molar-refractivity contribution in [2.45, 2.75) is 51.1 Å². The Labute approximate surface area is 209 Å². The molecule has 1 aliphatic rings. The topological polar surface area (TPSA) is 112 Å². The van der Waals surface area contributed by atoms with Crippen LogP contribution in [0.4, 0.5) is 24.7 Å². The van der Waals surface area contributed by atoms with E-state index in [9.17, 15) is 18.3 Å². The number of likely N-dealkylation sites (N-methyl/N-ethyl adjacent to an activating group) is 1. The summed E-state index contributed by atoms with van der Waals surface area (Å²) in [7, 11) is 1.66. The van der Waals surface area contributed by atoms with Gasteiger partial charge in [0.1, 0.15) is 24.3 Å². The number of aliphatic hydroxyl groups is 1. The zero-order valence-electron chi connectivity index (χ0n) is 20.7. The number of benzene rings is 1. The van der Waals surface area contributed by atoms with Crippen molar-refractivity contribution in [1.29, 1.82) is 5.41 Å². The minimum atomic E-state index is -4.60. The van der Waals surface area contributed by atoms with Crippen LogP contribution in [0.25, 0.3) is 11.3 Å². The Kier molecular flexibility index (Phi) is 9.52. The summed E-state index contributed by atoms with van der Waals surface area (Å²) < 4.78 is 52.2. The highest BCUT2D eigenvalue weighted by Gasteiger charge is 2.32. The molecule has 1 aromatic carbocycles. The van der Waals surface area contributed by atoms with Crippen LogP contribution < -0.4 is 20.7 Å². The first-order valence-electron chi connectivity index (χ1n) is 11.9. The lowest BCUT2D eigenvalue weighted by atomic mass is 10.0. The van der Waals surface area contributed by atoms with E-state index in [1.54, 1.807) is 13.1 Å². The monoisotopic (exact) mass is 509 g/mol. The molecule has 0 saturated carbocycles. The van der Waals surface area contributed by atoms with Crippen molar-refractivity contribution in [2.24, 2.45) is 0 Å². The molecule has 1 fully saturated rings. The molecule has 198 valence electrons. The predicted molar refractivity (Wildman–Crippen MR) is 134 cm³/mol. The Bertz CT molecular complexity index is 1030. The zero-order valence-corrected chi connectivity index (χ0v) is 20.7. The maximum Gasteiger partial charge on any atom is 0.416 e. The third-order valence-corrected chi connectivity index (χ3v) is 5.62. The molecule has 0 aliphatic carbocycles. The molecule has 1 saturated heterocycles. The second-order valence-electron chi connectivity index (χ2n) is 9.06. The summed E-state index contributed by atoms with van der Waals surface area (Å²) in [6.07, 6.45) is -2.74. The van der Waals surface area contributed by atoms with Gasteiger partial charge in [-0.15, -0.1) is 0 Å². The molecule has 0 spiro atoms. The maximum atomic E-state index is 13.7. The van der Waals surface area contributed by atoms with E-state index in [1.165, 1.54) is 12.3 Å². The van der Waals surface area contributed by atoms with Crippen LogP contribution in [0, 0.1) is 5.41 Å². The van der Waals surface area contributed by atoms with Gasteiger partial charge >= 0.3 is 6.18 Å². The number of ether oxygens (including phenoxy) is 2. The van der Waals surface area contributed by atoms with E-state index in [0.717, 1.165) is 25.0 Å². The maximum absolute atomic E-state index is 13.7. The lowest BCUT2D eigenvalue weighted by Gasteiger charge is -2.26. The third-order valence-electron chi connectivity index (χ3n) is 5.62. The SMILES string of the molecule is CNCC(O)COc1cc(-c2cc(NC3CCOCC3)c(C=N)c(NC(C)C)n2)cc(C(F)(F)F)c1. The van der Waals surface area contributed by atoms with Crippen LogP contribution in [-0.2, 0) is 10.9 Å². The molecule has 1 aliphatic heterocycles. The molecule has 36 heavy (non-hydrogen) atoms. The fraction of sp³-hybridized carbons (Fsp3) is 0.520. The lowest BCUT2D eigenvalue weighted by Crippen LogP contribution is -2.29. The normalized spacial score (nSPS) is 15.6. The van der Waals surface area contributed by atoms with E-state index in [-0.39, 0.29) is 36.5 Å². The summed E-state index contributed by atoms with van der Waals surface area (Å²) in [4.78, 5) is 4.59. The number of aromatic nitrogens is 1. The van der Waals surface area contributed by atoms with Crippen molar-refractivity contribution >= 4 is 17.7 Å². The molecule has 3 rings (SSSR count). The second kappa shape index (κ2) is 12.4. The first kappa shape index (κ1) is 27.7. The molecular weight excluding hydrogens is 475 g/mol. The van der Waals surface area contributed by atoms with Gasteiger partial charge in [-0.2, -0.15) is 13.2 Å². The number of nitrogens with one attached hydrogen (secondary N) is 4. The number of anilines is 2. The highest BCUT2D eigenvalue weighted by Crippen LogP contribution is 2.37. The minimum Gasteiger partial charge on any atom is -0.491 e. The molecule has 1 atom stereocenters. The highest BCUT2D eigenvalue weighted by molar-refractivity contribution is 5.94. The number of aliphatic hydroxyl groups excluding tert-OH is 1. The zero-order chi connectivity index (χ0) is 26.3. The van der Waals surface area contributed by atoms with Gasteiger partial charge in [-0.1, -0.05) is 0 Å². The van der Waals surface area contributed by atoms with Crippen LogP contribution in [0.1, 0.15) is 37.8 Å². The third kappa shape index (κ3) is 7.55. The average Bonchev–Trinajstić information content (AvgIpc) is 2.82. The quantitative estimate of drug-likeness (QED) is 0.290. The lowest BCUT2D eigenvalue weighted by molar-refractivity contribution is -0.137. The average molecular weight is 510 g/mol. The van der Waals surface area contributed by atoms with Crippen molar-refractivity contribution in [3.05, 3.63) is 35.4 Å². The number of nitrogens with zero attached hydrogens (tertiary/aromatic N) is 1. The summed E-state index contributed by atoms with van der Waals surface area (Å²) in [5, 5.41) is 27.3. The van der Waals surface area contributed by atoms with Gasteiger partial charge in [-0.3, -0.25) is 0 Å². The van der Waals surface area contributed by atoms with Gasteiger partial charge in [-0.05, 0) is 58.0 Å². The smallest absolute Gasteiger partial charge is 0.416 e. The molecule has 0 bridgehead atoms. The molecule has 2 heterocycles. The molecule has 5 N–H and O–H groups in total. The van der Waals surface area contributed by atoms with E-state index in [2.05, 4.69) is 20.9 Å². The fourth-order valence-electron chi connectivity index (χ4n) is 3.89. The standard InChI is InChI=1S/C25H34F3N5O3/c1-15(2)31-24-21(12-29)23(32-18-4-6-35-7-5-18)11-22(33-24)16-8-17(25(26,27)28)10-20(9-16)36-14-19(34)13-30-3/h8-12,15,18-19,29-30,34H,4-7,13-14H2,1-3H3,(H2,31,32,33). The Morgan fingerprint density at radius 1 is 1.22 bits per heavy atom. The molecule has 2 aromatic rings. The molecule has 1 aromatic heterocycles. The summed E-state index contributed by atoms with van der Waals surface area (Å²) in [5.74, 6) is 0.376. The Morgan fingerprint density at radius 2 is 1.94 bits per heavy atom. The Morgan fingerprint density at radius 3 is 2.56 bits per heavy atom. The first-order valence-corrected chi connectivity index (χ1v) is 11.9. The fourth-order valence-corrected chi connectivity index (χ4v) is 3.89. The van der Waals surface area contributed by atoms with Crippen molar-refractivity contribution in [2.75, 3.05) is 44.0 Å². The Balaban J connectivity index is 2.07. The molecule has 0 radical (unpaired) electrons. The van der Waals surface area contributed by atoms with Gasteiger partial charge in [0.25, 0.3) is 0 Å². The number of halogens is 3. The van der Waals surface area contributed by atoms with Gasteiger partial charge in [0, 0.05) is 49.3 Å². The van der Waals surface area contributed by atoms with Crippen molar-refractivity contribution in [3.8, 4) is 17.0 Å². The first-order chi connectivity index (χ1) is 17.1.